The summed E-state index contributed by atoms with van der Waals surface area (Å²) in [5.74, 6) is -0.401. The lowest BCUT2D eigenvalue weighted by molar-refractivity contribution is -0.131. The second-order valence-corrected chi connectivity index (χ2v) is 4.91. The average molecular weight is 286 g/mol. The average Bonchev–Trinajstić information content (AvgIpc) is 2.57. The van der Waals surface area contributed by atoms with E-state index in [4.69, 9.17) is 23.2 Å². The molecule has 0 spiro atoms. The Balaban J connectivity index is 1.87. The molecule has 3 nitrogen and oxygen atoms in total. The first-order valence-electron chi connectivity index (χ1n) is 5.69. The van der Waals surface area contributed by atoms with Crippen molar-refractivity contribution in [1.82, 2.24) is 4.90 Å². The molecular formula is C13H13Cl2NO2. The summed E-state index contributed by atoms with van der Waals surface area (Å²) in [6.45, 7) is 0.432. The maximum absolute atomic E-state index is 11.7. The van der Waals surface area contributed by atoms with Gasteiger partial charge in [0.25, 0.3) is 5.91 Å². The molecule has 0 aliphatic carbocycles. The van der Waals surface area contributed by atoms with Gasteiger partial charge in [0.05, 0.1) is 5.03 Å². The van der Waals surface area contributed by atoms with Crippen molar-refractivity contribution in [1.29, 1.82) is 0 Å². The van der Waals surface area contributed by atoms with E-state index in [9.17, 15) is 9.90 Å². The Bertz CT molecular complexity index is 473. The lowest BCUT2D eigenvalue weighted by atomic mass is 10.1. The van der Waals surface area contributed by atoms with Gasteiger partial charge >= 0.3 is 0 Å². The van der Waals surface area contributed by atoms with E-state index >= 15 is 0 Å². The van der Waals surface area contributed by atoms with Crippen molar-refractivity contribution in [2.24, 2.45) is 0 Å². The fourth-order valence-electron chi connectivity index (χ4n) is 1.91. The van der Waals surface area contributed by atoms with Crippen LogP contribution in [0, 0.1) is 0 Å². The van der Waals surface area contributed by atoms with Gasteiger partial charge in [-0.3, -0.25) is 4.79 Å². The fraction of sp³-hybridized carbons (Fsp3) is 0.308. The highest BCUT2D eigenvalue weighted by molar-refractivity contribution is 6.49. The van der Waals surface area contributed by atoms with E-state index in [1.54, 1.807) is 0 Å². The number of benzene rings is 1. The summed E-state index contributed by atoms with van der Waals surface area (Å²) in [6, 6.07) is 9.96. The first-order valence-corrected chi connectivity index (χ1v) is 6.45. The van der Waals surface area contributed by atoms with Crippen molar-refractivity contribution in [3.63, 3.8) is 0 Å². The lowest BCUT2D eigenvalue weighted by Crippen LogP contribution is -2.35. The van der Waals surface area contributed by atoms with E-state index in [0.29, 0.717) is 6.54 Å². The molecule has 18 heavy (non-hydrogen) atoms. The van der Waals surface area contributed by atoms with Crippen molar-refractivity contribution in [3.05, 3.63) is 46.0 Å². The molecule has 1 aliphatic rings. The second-order valence-electron chi connectivity index (χ2n) is 4.12. The second kappa shape index (κ2) is 5.74. The number of aliphatic hydroxyl groups is 1. The summed E-state index contributed by atoms with van der Waals surface area (Å²) < 4.78 is 0. The third-order valence-electron chi connectivity index (χ3n) is 2.89. The van der Waals surface area contributed by atoms with Crippen LogP contribution in [0.15, 0.2) is 40.4 Å². The van der Waals surface area contributed by atoms with E-state index in [2.05, 4.69) is 0 Å². The Morgan fingerprint density at radius 2 is 1.89 bits per heavy atom. The standard InChI is InChI=1S/C13H13Cl2NO2/c14-10-11(15)13(18)16(12(10)17)8-4-7-9-5-2-1-3-6-9/h1-3,5-6,12,17H,4,7-8H2. The molecule has 0 bridgehead atoms. The number of aryl methyl sites for hydroxylation is 1. The molecule has 1 atom stereocenters. The molecule has 5 heteroatoms. The van der Waals surface area contributed by atoms with E-state index < -0.39 is 12.1 Å². The van der Waals surface area contributed by atoms with Gasteiger partial charge in [-0.1, -0.05) is 53.5 Å². The molecule has 0 radical (unpaired) electrons. The Morgan fingerprint density at radius 3 is 2.44 bits per heavy atom. The molecule has 0 fully saturated rings. The number of rotatable bonds is 4. The maximum atomic E-state index is 11.7. The SMILES string of the molecule is O=C1C(Cl)=C(Cl)C(O)N1CCCc1ccccc1. The number of hydrogen-bond donors (Lipinski definition) is 1. The zero-order chi connectivity index (χ0) is 13.1. The number of aliphatic hydroxyl groups excluding tert-OH is 1. The van der Waals surface area contributed by atoms with Gasteiger partial charge in [0.2, 0.25) is 0 Å². The van der Waals surface area contributed by atoms with Crippen molar-refractivity contribution in [2.45, 2.75) is 19.1 Å². The van der Waals surface area contributed by atoms with Crippen LogP contribution in [0.1, 0.15) is 12.0 Å². The smallest absolute Gasteiger partial charge is 0.269 e. The molecule has 1 aromatic rings. The van der Waals surface area contributed by atoms with Gasteiger partial charge in [-0.2, -0.15) is 0 Å². The summed E-state index contributed by atoms with van der Waals surface area (Å²) in [5.41, 5.74) is 1.20. The summed E-state index contributed by atoms with van der Waals surface area (Å²) in [5, 5.41) is 9.66. The molecule has 0 saturated carbocycles. The fourth-order valence-corrected chi connectivity index (χ4v) is 2.32. The van der Waals surface area contributed by atoms with Crippen LogP contribution < -0.4 is 0 Å². The van der Waals surface area contributed by atoms with Crippen LogP contribution in [0.2, 0.25) is 0 Å². The predicted molar refractivity (Wildman–Crippen MR) is 71.2 cm³/mol. The van der Waals surface area contributed by atoms with Gasteiger partial charge in [0.15, 0.2) is 6.23 Å². The predicted octanol–water partition coefficient (Wildman–Crippen LogP) is 2.47. The minimum absolute atomic E-state index is 0.0152. The van der Waals surface area contributed by atoms with Crippen LogP contribution in [-0.4, -0.2) is 28.7 Å². The number of nitrogens with zero attached hydrogens (tertiary/aromatic N) is 1. The highest BCUT2D eigenvalue weighted by atomic mass is 35.5. The van der Waals surface area contributed by atoms with Crippen LogP contribution in [0.4, 0.5) is 0 Å². The van der Waals surface area contributed by atoms with Gasteiger partial charge in [-0.25, -0.2) is 0 Å². The molecule has 1 aliphatic heterocycles. The Labute approximate surface area is 116 Å². The molecule has 1 aromatic carbocycles. The molecule has 2 rings (SSSR count). The van der Waals surface area contributed by atoms with Crippen molar-refractivity contribution in [3.8, 4) is 0 Å². The molecule has 1 N–H and O–H groups in total. The zero-order valence-electron chi connectivity index (χ0n) is 9.64. The number of hydrogen-bond acceptors (Lipinski definition) is 2. The zero-order valence-corrected chi connectivity index (χ0v) is 11.2. The molecule has 0 saturated heterocycles. The number of amides is 1. The van der Waals surface area contributed by atoms with Gasteiger partial charge in [-0.05, 0) is 18.4 Å². The molecule has 1 amide bonds. The third-order valence-corrected chi connectivity index (χ3v) is 3.73. The van der Waals surface area contributed by atoms with Crippen LogP contribution in [0.25, 0.3) is 0 Å². The van der Waals surface area contributed by atoms with Crippen LogP contribution in [0.3, 0.4) is 0 Å². The topological polar surface area (TPSA) is 40.5 Å². The Morgan fingerprint density at radius 1 is 1.22 bits per heavy atom. The van der Waals surface area contributed by atoms with Crippen molar-refractivity contribution in [2.75, 3.05) is 6.54 Å². The summed E-state index contributed by atoms with van der Waals surface area (Å²) in [4.78, 5) is 12.9. The van der Waals surface area contributed by atoms with Crippen LogP contribution in [0.5, 0.6) is 0 Å². The first kappa shape index (κ1) is 13.4. The first-order chi connectivity index (χ1) is 8.61. The van der Waals surface area contributed by atoms with Crippen molar-refractivity contribution >= 4 is 29.1 Å². The summed E-state index contributed by atoms with van der Waals surface area (Å²) in [7, 11) is 0. The minimum atomic E-state index is -1.09. The highest BCUT2D eigenvalue weighted by Gasteiger charge is 2.35. The monoisotopic (exact) mass is 285 g/mol. The van der Waals surface area contributed by atoms with Crippen LogP contribution in [-0.2, 0) is 11.2 Å². The van der Waals surface area contributed by atoms with Gasteiger partial charge in [0, 0.05) is 6.54 Å². The largest absolute Gasteiger partial charge is 0.368 e. The van der Waals surface area contributed by atoms with Gasteiger partial charge in [-0.15, -0.1) is 0 Å². The summed E-state index contributed by atoms with van der Waals surface area (Å²) in [6.07, 6.45) is 0.496. The van der Waals surface area contributed by atoms with E-state index in [1.807, 2.05) is 30.3 Å². The number of halogens is 2. The third kappa shape index (κ3) is 2.69. The highest BCUT2D eigenvalue weighted by Crippen LogP contribution is 2.29. The normalized spacial score (nSPS) is 19.8. The van der Waals surface area contributed by atoms with Gasteiger partial charge < -0.3 is 10.0 Å². The Hall–Kier alpha value is -1.03. The molecular weight excluding hydrogens is 273 g/mol. The van der Waals surface area contributed by atoms with Gasteiger partial charge in [0.1, 0.15) is 5.03 Å². The lowest BCUT2D eigenvalue weighted by Gasteiger charge is -2.20. The van der Waals surface area contributed by atoms with E-state index in [-0.39, 0.29) is 10.1 Å². The quantitative estimate of drug-likeness (QED) is 0.923. The van der Waals surface area contributed by atoms with Crippen molar-refractivity contribution < 1.29 is 9.90 Å². The maximum Gasteiger partial charge on any atom is 0.269 e. The molecule has 1 heterocycles. The number of carbonyl (C=O) groups is 1. The summed E-state index contributed by atoms with van der Waals surface area (Å²) >= 11 is 11.4. The minimum Gasteiger partial charge on any atom is -0.368 e. The molecule has 0 aromatic heterocycles. The Kier molecular flexibility index (Phi) is 4.27. The molecule has 1 unspecified atom stereocenters. The number of carbonyl (C=O) groups excluding carboxylic acids is 1. The van der Waals surface area contributed by atoms with Crippen LogP contribution >= 0.6 is 23.2 Å². The van der Waals surface area contributed by atoms with E-state index in [0.717, 1.165) is 12.8 Å². The van der Waals surface area contributed by atoms with E-state index in [1.165, 1.54) is 10.5 Å². The molecule has 96 valence electrons.